The second-order valence-corrected chi connectivity index (χ2v) is 4.38. The van der Waals surface area contributed by atoms with Crippen LogP contribution in [0.25, 0.3) is 0 Å². The number of hydrogen-bond acceptors (Lipinski definition) is 3. The molecule has 0 saturated heterocycles. The third kappa shape index (κ3) is 4.81. The summed E-state index contributed by atoms with van der Waals surface area (Å²) in [6.45, 7) is 5.58. The molecule has 0 aromatic carbocycles. The molecule has 0 aliphatic rings. The molecule has 2 N–H and O–H groups in total. The Hall–Kier alpha value is -0.800. The molecule has 1 rings (SSSR count). The number of rotatable bonds is 8. The smallest absolute Gasteiger partial charge is 0.105 e. The molecule has 92 valence electrons. The molecular weight excluding hydrogens is 202 g/mol. The van der Waals surface area contributed by atoms with Gasteiger partial charge in [-0.2, -0.15) is 0 Å². The lowest BCUT2D eigenvalue weighted by Gasteiger charge is -2.18. The van der Waals surface area contributed by atoms with E-state index in [-0.39, 0.29) is 6.61 Å². The number of aliphatic hydroxyl groups excluding tert-OH is 1. The zero-order valence-corrected chi connectivity index (χ0v) is 10.3. The van der Waals surface area contributed by atoms with Crippen LogP contribution in [0.1, 0.15) is 32.4 Å². The van der Waals surface area contributed by atoms with Gasteiger partial charge in [-0.15, -0.1) is 0 Å². The minimum Gasteiger partial charge on any atom is -0.469 e. The maximum atomic E-state index is 8.90. The molecule has 0 bridgehead atoms. The normalized spacial score (nSPS) is 14.9. The van der Waals surface area contributed by atoms with Crippen LogP contribution in [0.2, 0.25) is 0 Å². The summed E-state index contributed by atoms with van der Waals surface area (Å²) >= 11 is 0. The Kier molecular flexibility index (Phi) is 6.19. The highest BCUT2D eigenvalue weighted by molar-refractivity contribution is 4.99. The number of aliphatic hydroxyl groups is 1. The molecule has 0 aliphatic carbocycles. The molecule has 1 aromatic heterocycles. The van der Waals surface area contributed by atoms with Gasteiger partial charge in [-0.1, -0.05) is 13.3 Å². The number of furan rings is 1. The highest BCUT2D eigenvalue weighted by Crippen LogP contribution is 2.08. The van der Waals surface area contributed by atoms with Crippen LogP contribution in [0.3, 0.4) is 0 Å². The summed E-state index contributed by atoms with van der Waals surface area (Å²) in [6, 6.07) is 4.34. The van der Waals surface area contributed by atoms with Crippen molar-refractivity contribution in [3.05, 3.63) is 24.2 Å². The van der Waals surface area contributed by atoms with Crippen molar-refractivity contribution >= 4 is 0 Å². The Bertz CT molecular complexity index is 259. The first-order valence-electron chi connectivity index (χ1n) is 6.12. The molecule has 2 unspecified atom stereocenters. The van der Waals surface area contributed by atoms with Crippen LogP contribution in [0.4, 0.5) is 0 Å². The van der Waals surface area contributed by atoms with Gasteiger partial charge in [-0.05, 0) is 37.9 Å². The molecular formula is C13H23NO2. The summed E-state index contributed by atoms with van der Waals surface area (Å²) in [4.78, 5) is 0. The van der Waals surface area contributed by atoms with Crippen LogP contribution in [0.15, 0.2) is 22.8 Å². The molecule has 16 heavy (non-hydrogen) atoms. The molecule has 0 amide bonds. The van der Waals surface area contributed by atoms with Gasteiger partial charge in [0.2, 0.25) is 0 Å². The predicted molar refractivity (Wildman–Crippen MR) is 65.4 cm³/mol. The first-order chi connectivity index (χ1) is 7.76. The van der Waals surface area contributed by atoms with E-state index in [0.717, 1.165) is 31.6 Å². The lowest BCUT2D eigenvalue weighted by atomic mass is 10.0. The summed E-state index contributed by atoms with van der Waals surface area (Å²) in [5.74, 6) is 1.60. The van der Waals surface area contributed by atoms with Crippen LogP contribution in [0, 0.1) is 5.92 Å². The fraction of sp³-hybridized carbons (Fsp3) is 0.692. The lowest BCUT2D eigenvalue weighted by Crippen LogP contribution is -2.32. The van der Waals surface area contributed by atoms with Crippen LogP contribution in [-0.4, -0.2) is 24.3 Å². The van der Waals surface area contributed by atoms with E-state index < -0.39 is 0 Å². The van der Waals surface area contributed by atoms with Crippen molar-refractivity contribution in [2.45, 2.75) is 39.2 Å². The molecule has 2 atom stereocenters. The zero-order valence-electron chi connectivity index (χ0n) is 10.3. The summed E-state index contributed by atoms with van der Waals surface area (Å²) in [5, 5.41) is 12.4. The quantitative estimate of drug-likeness (QED) is 0.713. The van der Waals surface area contributed by atoms with Gasteiger partial charge in [0.15, 0.2) is 0 Å². The predicted octanol–water partition coefficient (Wildman–Crippen LogP) is 2.21. The maximum Gasteiger partial charge on any atom is 0.105 e. The SMILES string of the molecule is CCC(CCO)CNC(C)Cc1ccco1. The molecule has 3 nitrogen and oxygen atoms in total. The second-order valence-electron chi connectivity index (χ2n) is 4.38. The van der Waals surface area contributed by atoms with Crippen molar-refractivity contribution in [3.8, 4) is 0 Å². The maximum absolute atomic E-state index is 8.90. The fourth-order valence-electron chi connectivity index (χ4n) is 1.80. The van der Waals surface area contributed by atoms with E-state index in [1.807, 2.05) is 12.1 Å². The third-order valence-corrected chi connectivity index (χ3v) is 2.96. The Morgan fingerprint density at radius 2 is 2.31 bits per heavy atom. The van der Waals surface area contributed by atoms with Crippen LogP contribution >= 0.6 is 0 Å². The van der Waals surface area contributed by atoms with Crippen molar-refractivity contribution in [2.24, 2.45) is 5.92 Å². The molecule has 0 spiro atoms. The minimum atomic E-state index is 0.284. The average Bonchev–Trinajstić information content (AvgIpc) is 2.76. The third-order valence-electron chi connectivity index (χ3n) is 2.96. The molecule has 1 heterocycles. The van der Waals surface area contributed by atoms with Crippen LogP contribution in [-0.2, 0) is 6.42 Å². The van der Waals surface area contributed by atoms with Gasteiger partial charge >= 0.3 is 0 Å². The summed E-state index contributed by atoms with van der Waals surface area (Å²) in [5.41, 5.74) is 0. The standard InChI is InChI=1S/C13H23NO2/c1-3-12(6-7-15)10-14-11(2)9-13-5-4-8-16-13/h4-5,8,11-12,14-15H,3,6-7,9-10H2,1-2H3. The Labute approximate surface area is 97.9 Å². The van der Waals surface area contributed by atoms with Gasteiger partial charge in [0.1, 0.15) is 5.76 Å². The monoisotopic (exact) mass is 225 g/mol. The van der Waals surface area contributed by atoms with Gasteiger partial charge < -0.3 is 14.8 Å². The van der Waals surface area contributed by atoms with E-state index in [4.69, 9.17) is 9.52 Å². The van der Waals surface area contributed by atoms with Gasteiger partial charge in [0, 0.05) is 19.1 Å². The Morgan fingerprint density at radius 3 is 2.88 bits per heavy atom. The highest BCUT2D eigenvalue weighted by atomic mass is 16.3. The van der Waals surface area contributed by atoms with E-state index >= 15 is 0 Å². The summed E-state index contributed by atoms with van der Waals surface area (Å²) in [7, 11) is 0. The number of hydrogen-bond donors (Lipinski definition) is 2. The molecule has 0 fully saturated rings. The lowest BCUT2D eigenvalue weighted by molar-refractivity contribution is 0.248. The first-order valence-corrected chi connectivity index (χ1v) is 6.12. The average molecular weight is 225 g/mol. The van der Waals surface area contributed by atoms with Crippen molar-refractivity contribution in [1.29, 1.82) is 0 Å². The molecule has 0 radical (unpaired) electrons. The van der Waals surface area contributed by atoms with E-state index in [2.05, 4.69) is 19.2 Å². The summed E-state index contributed by atoms with van der Waals surface area (Å²) in [6.07, 6.45) is 4.63. The molecule has 3 heteroatoms. The Morgan fingerprint density at radius 1 is 1.50 bits per heavy atom. The fourth-order valence-corrected chi connectivity index (χ4v) is 1.80. The summed E-state index contributed by atoms with van der Waals surface area (Å²) < 4.78 is 5.30. The second kappa shape index (κ2) is 7.47. The molecule has 0 saturated carbocycles. The largest absolute Gasteiger partial charge is 0.469 e. The first kappa shape index (κ1) is 13.3. The van der Waals surface area contributed by atoms with Crippen molar-refractivity contribution in [2.75, 3.05) is 13.2 Å². The number of nitrogens with one attached hydrogen (secondary N) is 1. The van der Waals surface area contributed by atoms with Crippen molar-refractivity contribution < 1.29 is 9.52 Å². The highest BCUT2D eigenvalue weighted by Gasteiger charge is 2.09. The van der Waals surface area contributed by atoms with Crippen molar-refractivity contribution in [3.63, 3.8) is 0 Å². The topological polar surface area (TPSA) is 45.4 Å². The van der Waals surface area contributed by atoms with Gasteiger partial charge in [0.25, 0.3) is 0 Å². The van der Waals surface area contributed by atoms with Crippen LogP contribution in [0.5, 0.6) is 0 Å². The van der Waals surface area contributed by atoms with Gasteiger partial charge in [0.05, 0.1) is 6.26 Å². The van der Waals surface area contributed by atoms with E-state index in [0.29, 0.717) is 12.0 Å². The van der Waals surface area contributed by atoms with Gasteiger partial charge in [-0.25, -0.2) is 0 Å². The van der Waals surface area contributed by atoms with E-state index in [1.54, 1.807) is 6.26 Å². The molecule has 0 aliphatic heterocycles. The van der Waals surface area contributed by atoms with Crippen LogP contribution < -0.4 is 5.32 Å². The van der Waals surface area contributed by atoms with Gasteiger partial charge in [-0.3, -0.25) is 0 Å². The Balaban J connectivity index is 2.21. The molecule has 1 aromatic rings. The van der Waals surface area contributed by atoms with Crippen molar-refractivity contribution in [1.82, 2.24) is 5.32 Å². The zero-order chi connectivity index (χ0) is 11.8. The van der Waals surface area contributed by atoms with E-state index in [1.165, 1.54) is 0 Å². The minimum absolute atomic E-state index is 0.284. The van der Waals surface area contributed by atoms with E-state index in [9.17, 15) is 0 Å².